The molecule has 1 aromatic rings. The highest BCUT2D eigenvalue weighted by atomic mass is 32.2. The Morgan fingerprint density at radius 3 is 2.43 bits per heavy atom. The molecule has 28 heavy (non-hydrogen) atoms. The zero-order valence-corrected chi connectivity index (χ0v) is 16.4. The monoisotopic (exact) mass is 421 g/mol. The summed E-state index contributed by atoms with van der Waals surface area (Å²) in [5.74, 6) is -5.65. The fraction of sp³-hybridized carbons (Fsp3) is 0.529. The molecule has 156 valence electrons. The molecule has 7 nitrogen and oxygen atoms in total. The van der Waals surface area contributed by atoms with Crippen LogP contribution in [0.4, 0.5) is 18.9 Å². The van der Waals surface area contributed by atoms with Crippen molar-refractivity contribution in [3.8, 4) is 0 Å². The molecule has 0 spiro atoms. The Hall–Kier alpha value is -2.14. The van der Waals surface area contributed by atoms with Gasteiger partial charge in [0.05, 0.1) is 30.3 Å². The summed E-state index contributed by atoms with van der Waals surface area (Å²) < 4.78 is 63.0. The summed E-state index contributed by atoms with van der Waals surface area (Å²) in [5, 5.41) is 2.13. The maximum absolute atomic E-state index is 13.6. The van der Waals surface area contributed by atoms with Gasteiger partial charge in [-0.15, -0.1) is 0 Å². The second kappa shape index (κ2) is 8.91. The minimum Gasteiger partial charge on any atom is -0.338 e. The van der Waals surface area contributed by atoms with Crippen LogP contribution >= 0.6 is 0 Å². The summed E-state index contributed by atoms with van der Waals surface area (Å²) in [6.45, 7) is 1.61. The minimum atomic E-state index is -3.14. The zero-order valence-electron chi connectivity index (χ0n) is 15.5. The molecule has 0 unspecified atom stereocenters. The predicted molar refractivity (Wildman–Crippen MR) is 96.9 cm³/mol. The van der Waals surface area contributed by atoms with Crippen molar-refractivity contribution in [2.75, 3.05) is 43.5 Å². The van der Waals surface area contributed by atoms with E-state index in [1.807, 2.05) is 0 Å². The van der Waals surface area contributed by atoms with Crippen LogP contribution in [0.3, 0.4) is 0 Å². The number of amides is 2. The molecule has 2 rings (SSSR count). The van der Waals surface area contributed by atoms with Gasteiger partial charge in [0.15, 0.2) is 27.3 Å². The predicted octanol–water partition coefficient (Wildman–Crippen LogP) is 1.01. The smallest absolute Gasteiger partial charge is 0.238 e. The van der Waals surface area contributed by atoms with Gasteiger partial charge in [0.25, 0.3) is 0 Å². The van der Waals surface area contributed by atoms with Crippen LogP contribution in [-0.2, 0) is 19.4 Å². The maximum atomic E-state index is 13.6. The quantitative estimate of drug-likeness (QED) is 0.664. The van der Waals surface area contributed by atoms with Crippen LogP contribution in [0.5, 0.6) is 0 Å². The molecule has 0 aliphatic carbocycles. The molecule has 1 saturated heterocycles. The van der Waals surface area contributed by atoms with Gasteiger partial charge in [-0.05, 0) is 32.5 Å². The number of carbonyl (C=O) groups is 2. The van der Waals surface area contributed by atoms with Gasteiger partial charge in [0, 0.05) is 12.6 Å². The lowest BCUT2D eigenvalue weighted by Gasteiger charge is -2.28. The number of sulfone groups is 1. The Morgan fingerprint density at radius 2 is 1.86 bits per heavy atom. The molecule has 1 aromatic carbocycles. The van der Waals surface area contributed by atoms with Crippen molar-refractivity contribution >= 4 is 27.3 Å². The number of rotatable bonds is 7. The first-order valence-electron chi connectivity index (χ1n) is 8.65. The molecule has 11 heteroatoms. The van der Waals surface area contributed by atoms with E-state index in [4.69, 9.17) is 0 Å². The van der Waals surface area contributed by atoms with Gasteiger partial charge in [-0.2, -0.15) is 0 Å². The largest absolute Gasteiger partial charge is 0.338 e. The van der Waals surface area contributed by atoms with Crippen LogP contribution in [0.1, 0.15) is 13.3 Å². The third-order valence-corrected chi connectivity index (χ3v) is 6.19. The van der Waals surface area contributed by atoms with Gasteiger partial charge in [-0.25, -0.2) is 21.6 Å². The fourth-order valence-electron chi connectivity index (χ4n) is 3.09. The molecule has 1 fully saturated rings. The molecule has 2 amide bonds. The Labute approximate surface area is 161 Å². The van der Waals surface area contributed by atoms with E-state index in [0.29, 0.717) is 19.0 Å². The lowest BCUT2D eigenvalue weighted by molar-refractivity contribution is -0.134. The third-order valence-electron chi connectivity index (χ3n) is 4.44. The highest BCUT2D eigenvalue weighted by molar-refractivity contribution is 7.91. The molecular formula is C17H22F3N3O4S. The molecule has 1 aliphatic heterocycles. The average molecular weight is 421 g/mol. The molecule has 1 N–H and O–H groups in total. The van der Waals surface area contributed by atoms with Gasteiger partial charge in [0.1, 0.15) is 0 Å². The fourth-order valence-corrected chi connectivity index (χ4v) is 4.83. The first kappa shape index (κ1) is 22.2. The first-order chi connectivity index (χ1) is 13.0. The van der Waals surface area contributed by atoms with E-state index < -0.39 is 38.9 Å². The number of carbonyl (C=O) groups excluding carboxylic acids is 2. The summed E-state index contributed by atoms with van der Waals surface area (Å²) in [6.07, 6.45) is 0.377. The van der Waals surface area contributed by atoms with E-state index in [1.54, 1.807) is 6.92 Å². The number of halogens is 3. The van der Waals surface area contributed by atoms with Gasteiger partial charge < -0.3 is 10.2 Å². The van der Waals surface area contributed by atoms with E-state index in [0.717, 1.165) is 6.07 Å². The zero-order chi connectivity index (χ0) is 21.1. The van der Waals surface area contributed by atoms with Crippen LogP contribution in [0.2, 0.25) is 0 Å². The highest BCUT2D eigenvalue weighted by Crippen LogP contribution is 2.20. The van der Waals surface area contributed by atoms with E-state index >= 15 is 0 Å². The molecule has 0 saturated carbocycles. The Balaban J connectivity index is 1.92. The highest BCUT2D eigenvalue weighted by Gasteiger charge is 2.34. The normalized spacial score (nSPS) is 18.3. The Kier molecular flexibility index (Phi) is 7.05. The van der Waals surface area contributed by atoms with Crippen LogP contribution in [0.15, 0.2) is 12.1 Å². The van der Waals surface area contributed by atoms with Crippen molar-refractivity contribution in [1.29, 1.82) is 0 Å². The summed E-state index contributed by atoms with van der Waals surface area (Å²) >= 11 is 0. The SMILES string of the molecule is CCN(C(=O)CN(C)CC(=O)Nc1ccc(F)c(F)c1F)[C@H]1CCS(=O)(=O)C1. The van der Waals surface area contributed by atoms with Gasteiger partial charge in [0.2, 0.25) is 11.8 Å². The first-order valence-corrected chi connectivity index (χ1v) is 10.5. The van der Waals surface area contributed by atoms with Crippen LogP contribution in [0, 0.1) is 17.5 Å². The van der Waals surface area contributed by atoms with E-state index in [1.165, 1.54) is 16.8 Å². The summed E-state index contributed by atoms with van der Waals surface area (Å²) in [4.78, 5) is 27.3. The van der Waals surface area contributed by atoms with Crippen molar-refractivity contribution in [3.05, 3.63) is 29.6 Å². The van der Waals surface area contributed by atoms with E-state index in [-0.39, 0.29) is 36.5 Å². The minimum absolute atomic E-state index is 0.0412. The van der Waals surface area contributed by atoms with Crippen molar-refractivity contribution in [2.24, 2.45) is 0 Å². The van der Waals surface area contributed by atoms with E-state index in [2.05, 4.69) is 5.32 Å². The number of hydrogen-bond donors (Lipinski definition) is 1. The topological polar surface area (TPSA) is 86.8 Å². The molecule has 1 aliphatic rings. The van der Waals surface area contributed by atoms with Gasteiger partial charge in [-0.1, -0.05) is 0 Å². The van der Waals surface area contributed by atoms with Crippen LogP contribution in [0.25, 0.3) is 0 Å². The maximum Gasteiger partial charge on any atom is 0.238 e. The number of nitrogens with zero attached hydrogens (tertiary/aromatic N) is 2. The van der Waals surface area contributed by atoms with Crippen LogP contribution < -0.4 is 5.32 Å². The van der Waals surface area contributed by atoms with Crippen molar-refractivity contribution in [3.63, 3.8) is 0 Å². The summed E-state index contributed by atoms with van der Waals surface area (Å²) in [6, 6.07) is 1.20. The van der Waals surface area contributed by atoms with Crippen LogP contribution in [-0.4, -0.2) is 74.3 Å². The lowest BCUT2D eigenvalue weighted by atomic mass is 10.2. The second-order valence-corrected chi connectivity index (χ2v) is 8.91. The second-order valence-electron chi connectivity index (χ2n) is 6.68. The molecule has 0 radical (unpaired) electrons. The molecule has 0 bridgehead atoms. The van der Waals surface area contributed by atoms with Gasteiger partial charge in [-0.3, -0.25) is 14.5 Å². The third kappa shape index (κ3) is 5.44. The summed E-state index contributed by atoms with van der Waals surface area (Å²) in [7, 11) is -1.66. The number of benzene rings is 1. The number of likely N-dealkylation sites (N-methyl/N-ethyl adjacent to an activating group) is 2. The molecule has 1 atom stereocenters. The Morgan fingerprint density at radius 1 is 1.18 bits per heavy atom. The van der Waals surface area contributed by atoms with Crippen molar-refractivity contribution in [2.45, 2.75) is 19.4 Å². The Bertz CT molecular complexity index is 863. The summed E-state index contributed by atoms with van der Waals surface area (Å²) in [5.41, 5.74) is -0.505. The number of nitrogens with one attached hydrogen (secondary N) is 1. The molecule has 0 aromatic heterocycles. The molecular weight excluding hydrogens is 399 g/mol. The number of anilines is 1. The van der Waals surface area contributed by atoms with E-state index in [9.17, 15) is 31.2 Å². The standard InChI is InChI=1S/C17H22F3N3O4S/c1-3-23(11-6-7-28(26,27)10-11)15(25)9-22(2)8-14(24)21-13-5-4-12(18)16(19)17(13)20/h4-5,11H,3,6-10H2,1-2H3,(H,21,24)/t11-/m0/s1. The molecule has 1 heterocycles. The average Bonchev–Trinajstić information content (AvgIpc) is 2.95. The number of hydrogen-bond acceptors (Lipinski definition) is 5. The van der Waals surface area contributed by atoms with Crippen molar-refractivity contribution in [1.82, 2.24) is 9.80 Å². The van der Waals surface area contributed by atoms with Crippen molar-refractivity contribution < 1.29 is 31.2 Å². The lowest BCUT2D eigenvalue weighted by Crippen LogP contribution is -2.46. The van der Waals surface area contributed by atoms with Gasteiger partial charge >= 0.3 is 0 Å².